The molecule has 0 fully saturated rings. The van der Waals surface area contributed by atoms with Crippen LogP contribution in [0.1, 0.15) is 47.0 Å². The van der Waals surface area contributed by atoms with Crippen molar-refractivity contribution in [3.05, 3.63) is 12.2 Å². The number of allylic oxidation sites excluding steroid dienone is 1. The van der Waals surface area contributed by atoms with E-state index in [4.69, 9.17) is 4.74 Å². The highest BCUT2D eigenvalue weighted by atomic mass is 16.5. The van der Waals surface area contributed by atoms with Gasteiger partial charge in [0, 0.05) is 6.04 Å². The van der Waals surface area contributed by atoms with Crippen molar-refractivity contribution in [2.75, 3.05) is 13.2 Å². The van der Waals surface area contributed by atoms with Gasteiger partial charge in [0.05, 0.1) is 12.7 Å². The van der Waals surface area contributed by atoms with Crippen molar-refractivity contribution in [3.63, 3.8) is 0 Å². The molecule has 1 unspecified atom stereocenters. The molecule has 0 spiro atoms. The van der Waals surface area contributed by atoms with Gasteiger partial charge in [-0.3, -0.25) is 0 Å². The standard InChI is InChI=1S/C13H27NO/c1-6-9-14-13(8-7-11(2)3)10-15-12(4)5/h12-14H,2,6-10H2,1,3-5H3. The minimum atomic E-state index is 0.320. The Morgan fingerprint density at radius 1 is 1.40 bits per heavy atom. The molecule has 0 amide bonds. The fourth-order valence-corrected chi connectivity index (χ4v) is 1.32. The molecule has 0 bridgehead atoms. The minimum absolute atomic E-state index is 0.320. The Kier molecular flexibility index (Phi) is 8.73. The molecule has 0 rings (SSSR count). The average Bonchev–Trinajstić information content (AvgIpc) is 2.16. The van der Waals surface area contributed by atoms with Crippen molar-refractivity contribution < 1.29 is 4.74 Å². The second kappa shape index (κ2) is 8.93. The van der Waals surface area contributed by atoms with Crippen LogP contribution in [0.4, 0.5) is 0 Å². The average molecular weight is 213 g/mol. The van der Waals surface area contributed by atoms with Crippen LogP contribution < -0.4 is 5.32 Å². The smallest absolute Gasteiger partial charge is 0.0623 e. The molecule has 0 saturated heterocycles. The summed E-state index contributed by atoms with van der Waals surface area (Å²) in [5, 5.41) is 3.51. The molecule has 15 heavy (non-hydrogen) atoms. The number of hydrogen-bond acceptors (Lipinski definition) is 2. The SMILES string of the molecule is C=C(C)CCC(COC(C)C)NCCC. The van der Waals surface area contributed by atoms with Crippen LogP contribution in [0.15, 0.2) is 12.2 Å². The van der Waals surface area contributed by atoms with Gasteiger partial charge < -0.3 is 10.1 Å². The molecule has 0 heterocycles. The van der Waals surface area contributed by atoms with E-state index in [0.29, 0.717) is 12.1 Å². The Morgan fingerprint density at radius 2 is 2.07 bits per heavy atom. The number of hydrogen-bond donors (Lipinski definition) is 1. The van der Waals surface area contributed by atoms with Gasteiger partial charge in [-0.25, -0.2) is 0 Å². The number of rotatable bonds is 9. The summed E-state index contributed by atoms with van der Waals surface area (Å²) in [5.74, 6) is 0. The van der Waals surface area contributed by atoms with Crippen LogP contribution in [-0.4, -0.2) is 25.3 Å². The monoisotopic (exact) mass is 213 g/mol. The highest BCUT2D eigenvalue weighted by Crippen LogP contribution is 2.06. The van der Waals surface area contributed by atoms with Gasteiger partial charge in [-0.1, -0.05) is 12.5 Å². The van der Waals surface area contributed by atoms with Gasteiger partial charge in [-0.15, -0.1) is 6.58 Å². The van der Waals surface area contributed by atoms with E-state index in [9.17, 15) is 0 Å². The van der Waals surface area contributed by atoms with Crippen LogP contribution in [0.5, 0.6) is 0 Å². The first-order chi connectivity index (χ1) is 7.06. The molecule has 2 nitrogen and oxygen atoms in total. The van der Waals surface area contributed by atoms with E-state index >= 15 is 0 Å². The third-order valence-corrected chi connectivity index (χ3v) is 2.23. The third kappa shape index (κ3) is 9.95. The van der Waals surface area contributed by atoms with Gasteiger partial charge in [-0.05, 0) is 46.6 Å². The summed E-state index contributed by atoms with van der Waals surface area (Å²) < 4.78 is 5.64. The molecule has 0 aromatic rings. The fraction of sp³-hybridized carbons (Fsp3) is 0.846. The van der Waals surface area contributed by atoms with E-state index in [1.165, 1.54) is 12.0 Å². The van der Waals surface area contributed by atoms with Gasteiger partial charge in [0.2, 0.25) is 0 Å². The topological polar surface area (TPSA) is 21.3 Å². The van der Waals surface area contributed by atoms with Crippen LogP contribution in [0.25, 0.3) is 0 Å². The molecular formula is C13H27NO. The van der Waals surface area contributed by atoms with Gasteiger partial charge in [0.25, 0.3) is 0 Å². The Bertz CT molecular complexity index is 166. The fourth-order valence-electron chi connectivity index (χ4n) is 1.32. The number of nitrogens with one attached hydrogen (secondary N) is 1. The van der Waals surface area contributed by atoms with E-state index in [0.717, 1.165) is 26.0 Å². The Morgan fingerprint density at radius 3 is 2.53 bits per heavy atom. The van der Waals surface area contributed by atoms with E-state index in [-0.39, 0.29) is 0 Å². The molecule has 0 aliphatic heterocycles. The first-order valence-corrected chi connectivity index (χ1v) is 6.05. The molecule has 1 N–H and O–H groups in total. The molecule has 2 heteroatoms. The minimum Gasteiger partial charge on any atom is -0.377 e. The lowest BCUT2D eigenvalue weighted by Gasteiger charge is -2.20. The first-order valence-electron chi connectivity index (χ1n) is 6.05. The highest BCUT2D eigenvalue weighted by Gasteiger charge is 2.08. The molecule has 90 valence electrons. The Balaban J connectivity index is 3.77. The van der Waals surface area contributed by atoms with Crippen LogP contribution in [0.2, 0.25) is 0 Å². The van der Waals surface area contributed by atoms with Gasteiger partial charge in [-0.2, -0.15) is 0 Å². The molecule has 0 radical (unpaired) electrons. The lowest BCUT2D eigenvalue weighted by Crippen LogP contribution is -2.35. The van der Waals surface area contributed by atoms with Crippen LogP contribution in [0.3, 0.4) is 0 Å². The van der Waals surface area contributed by atoms with Gasteiger partial charge in [0.15, 0.2) is 0 Å². The predicted octanol–water partition coefficient (Wildman–Crippen LogP) is 3.14. The van der Waals surface area contributed by atoms with Crippen LogP contribution >= 0.6 is 0 Å². The summed E-state index contributed by atoms with van der Waals surface area (Å²) in [6.45, 7) is 14.2. The maximum Gasteiger partial charge on any atom is 0.0623 e. The Labute approximate surface area is 95.1 Å². The predicted molar refractivity (Wildman–Crippen MR) is 67.2 cm³/mol. The van der Waals surface area contributed by atoms with E-state index < -0.39 is 0 Å². The van der Waals surface area contributed by atoms with E-state index in [1.54, 1.807) is 0 Å². The Hall–Kier alpha value is -0.340. The molecule has 0 aliphatic carbocycles. The molecular weight excluding hydrogens is 186 g/mol. The van der Waals surface area contributed by atoms with E-state index in [1.807, 2.05) is 0 Å². The third-order valence-electron chi connectivity index (χ3n) is 2.23. The van der Waals surface area contributed by atoms with Crippen molar-refractivity contribution >= 4 is 0 Å². The van der Waals surface area contributed by atoms with Gasteiger partial charge in [0.1, 0.15) is 0 Å². The summed E-state index contributed by atoms with van der Waals surface area (Å²) >= 11 is 0. The van der Waals surface area contributed by atoms with Crippen LogP contribution in [-0.2, 0) is 4.74 Å². The van der Waals surface area contributed by atoms with Crippen molar-refractivity contribution in [1.82, 2.24) is 5.32 Å². The zero-order chi connectivity index (χ0) is 11.7. The molecule has 0 saturated carbocycles. The summed E-state index contributed by atoms with van der Waals surface area (Å²) in [4.78, 5) is 0. The molecule has 1 atom stereocenters. The zero-order valence-electron chi connectivity index (χ0n) is 10.8. The van der Waals surface area contributed by atoms with Gasteiger partial charge >= 0.3 is 0 Å². The maximum atomic E-state index is 5.64. The van der Waals surface area contributed by atoms with Crippen molar-refractivity contribution in [2.24, 2.45) is 0 Å². The highest BCUT2D eigenvalue weighted by molar-refractivity contribution is 4.89. The van der Waals surface area contributed by atoms with Crippen molar-refractivity contribution in [2.45, 2.75) is 59.1 Å². The van der Waals surface area contributed by atoms with Crippen molar-refractivity contribution in [3.8, 4) is 0 Å². The second-order valence-corrected chi connectivity index (χ2v) is 4.53. The van der Waals surface area contributed by atoms with E-state index in [2.05, 4.69) is 39.6 Å². The van der Waals surface area contributed by atoms with Crippen LogP contribution in [0, 0.1) is 0 Å². The summed E-state index contributed by atoms with van der Waals surface area (Å²) in [5.41, 5.74) is 1.25. The zero-order valence-corrected chi connectivity index (χ0v) is 10.8. The summed E-state index contributed by atoms with van der Waals surface area (Å²) in [6.07, 6.45) is 3.71. The second-order valence-electron chi connectivity index (χ2n) is 4.53. The lowest BCUT2D eigenvalue weighted by atomic mass is 10.1. The largest absolute Gasteiger partial charge is 0.377 e. The molecule has 0 aromatic heterocycles. The number of ether oxygens (including phenoxy) is 1. The maximum absolute atomic E-state index is 5.64. The summed E-state index contributed by atoms with van der Waals surface area (Å²) in [7, 11) is 0. The molecule has 0 aromatic carbocycles. The first kappa shape index (κ1) is 14.7. The lowest BCUT2D eigenvalue weighted by molar-refractivity contribution is 0.0596. The molecule has 0 aliphatic rings. The van der Waals surface area contributed by atoms with Crippen molar-refractivity contribution in [1.29, 1.82) is 0 Å². The normalized spacial score (nSPS) is 13.1. The quantitative estimate of drug-likeness (QED) is 0.594. The summed E-state index contributed by atoms with van der Waals surface area (Å²) in [6, 6.07) is 0.476.